The minimum Gasteiger partial charge on any atom is -0.345 e. The molecule has 1 heterocycles. The number of hydrogen-bond acceptors (Lipinski definition) is 4. The number of thiazole rings is 1. The molecule has 1 aromatic carbocycles. The topological polar surface area (TPSA) is 68.0 Å². The first-order valence-electron chi connectivity index (χ1n) is 7.58. The predicted octanol–water partition coefficient (Wildman–Crippen LogP) is 3.37. The minimum absolute atomic E-state index is 0.0806. The van der Waals surface area contributed by atoms with Crippen molar-refractivity contribution in [2.45, 2.75) is 39.2 Å². The van der Waals surface area contributed by atoms with Crippen molar-refractivity contribution in [3.05, 3.63) is 40.2 Å². The Morgan fingerprint density at radius 1 is 1.36 bits per heavy atom. The summed E-state index contributed by atoms with van der Waals surface area (Å²) in [6.07, 6.45) is 1.63. The normalized spacial score (nSPS) is 11.5. The quantitative estimate of drug-likeness (QED) is 0.858. The summed E-state index contributed by atoms with van der Waals surface area (Å²) in [5.41, 5.74) is 8.04. The molecule has 0 saturated carbocycles. The van der Waals surface area contributed by atoms with Gasteiger partial charge >= 0.3 is 0 Å². The van der Waals surface area contributed by atoms with Gasteiger partial charge in [-0.3, -0.25) is 4.79 Å². The average molecular weight is 317 g/mol. The molecule has 2 rings (SSSR count). The van der Waals surface area contributed by atoms with Gasteiger partial charge in [-0.1, -0.05) is 26.0 Å². The van der Waals surface area contributed by atoms with Crippen molar-refractivity contribution in [3.8, 4) is 11.3 Å². The molecule has 0 unspecified atom stereocenters. The molecular weight excluding hydrogens is 294 g/mol. The van der Waals surface area contributed by atoms with Crippen LogP contribution in [0.4, 0.5) is 0 Å². The number of hydrogen-bond donors (Lipinski definition) is 2. The first-order chi connectivity index (χ1) is 10.5. The van der Waals surface area contributed by atoms with Crippen molar-refractivity contribution in [1.82, 2.24) is 10.3 Å². The minimum atomic E-state index is -0.329. The van der Waals surface area contributed by atoms with E-state index in [2.05, 4.69) is 10.3 Å². The molecule has 0 radical (unpaired) electrons. The van der Waals surface area contributed by atoms with Crippen molar-refractivity contribution >= 4 is 17.2 Å². The van der Waals surface area contributed by atoms with E-state index in [1.807, 2.05) is 50.4 Å². The lowest BCUT2D eigenvalue weighted by molar-refractivity contribution is 0.0895. The van der Waals surface area contributed by atoms with Crippen molar-refractivity contribution in [2.24, 2.45) is 5.73 Å². The zero-order chi connectivity index (χ0) is 16.2. The van der Waals surface area contributed by atoms with E-state index in [1.54, 1.807) is 11.3 Å². The predicted molar refractivity (Wildman–Crippen MR) is 92.1 cm³/mol. The fourth-order valence-corrected chi connectivity index (χ4v) is 3.02. The number of carbonyl (C=O) groups is 1. The zero-order valence-electron chi connectivity index (χ0n) is 13.3. The Hall–Kier alpha value is -1.72. The van der Waals surface area contributed by atoms with Crippen LogP contribution in [0.3, 0.4) is 0 Å². The molecule has 0 spiro atoms. The van der Waals surface area contributed by atoms with Crippen LogP contribution < -0.4 is 11.1 Å². The van der Waals surface area contributed by atoms with Gasteiger partial charge in [-0.2, -0.15) is 0 Å². The zero-order valence-corrected chi connectivity index (χ0v) is 14.2. The molecule has 0 fully saturated rings. The van der Waals surface area contributed by atoms with Crippen LogP contribution in [-0.4, -0.2) is 23.0 Å². The van der Waals surface area contributed by atoms with Gasteiger partial charge in [0.25, 0.3) is 5.91 Å². The lowest BCUT2D eigenvalue weighted by Gasteiger charge is -2.31. The van der Waals surface area contributed by atoms with Crippen LogP contribution in [0.5, 0.6) is 0 Å². The smallest absolute Gasteiger partial charge is 0.251 e. The van der Waals surface area contributed by atoms with Gasteiger partial charge in [-0.15, -0.1) is 11.3 Å². The SMILES string of the molecule is CCC(CC)(CN)NC(=O)c1cccc(-c2csc(C)n2)c1. The standard InChI is InChI=1S/C17H23N3OS/c1-4-17(5-2,11-18)20-16(21)14-8-6-7-13(9-14)15-10-22-12(3)19-15/h6-10H,4-5,11,18H2,1-3H3,(H,20,21). The largest absolute Gasteiger partial charge is 0.345 e. The monoisotopic (exact) mass is 317 g/mol. The number of rotatable bonds is 6. The highest BCUT2D eigenvalue weighted by atomic mass is 32.1. The van der Waals surface area contributed by atoms with Crippen molar-refractivity contribution < 1.29 is 4.79 Å². The van der Waals surface area contributed by atoms with Gasteiger partial charge in [0.05, 0.1) is 16.2 Å². The van der Waals surface area contributed by atoms with Gasteiger partial charge in [0, 0.05) is 23.1 Å². The fraction of sp³-hybridized carbons (Fsp3) is 0.412. The number of nitrogens with two attached hydrogens (primary N) is 1. The second-order valence-corrected chi connectivity index (χ2v) is 6.54. The Labute approximate surface area is 135 Å². The van der Waals surface area contributed by atoms with Crippen LogP contribution in [0.15, 0.2) is 29.6 Å². The van der Waals surface area contributed by atoms with E-state index < -0.39 is 0 Å². The van der Waals surface area contributed by atoms with Gasteiger partial charge in [-0.25, -0.2) is 4.98 Å². The molecule has 1 aromatic heterocycles. The molecule has 118 valence electrons. The number of carbonyl (C=O) groups excluding carboxylic acids is 1. The van der Waals surface area contributed by atoms with Crippen LogP contribution >= 0.6 is 11.3 Å². The summed E-state index contributed by atoms with van der Waals surface area (Å²) in [6, 6.07) is 7.57. The summed E-state index contributed by atoms with van der Waals surface area (Å²) in [5, 5.41) is 6.12. The molecule has 0 aliphatic rings. The first-order valence-corrected chi connectivity index (χ1v) is 8.46. The highest BCUT2D eigenvalue weighted by molar-refractivity contribution is 7.09. The Balaban J connectivity index is 2.24. The molecule has 4 nitrogen and oxygen atoms in total. The van der Waals surface area contributed by atoms with Gasteiger partial charge in [0.1, 0.15) is 0 Å². The van der Waals surface area contributed by atoms with Crippen LogP contribution in [-0.2, 0) is 0 Å². The van der Waals surface area contributed by atoms with E-state index in [0.717, 1.165) is 29.1 Å². The lowest BCUT2D eigenvalue weighted by atomic mass is 9.92. The van der Waals surface area contributed by atoms with E-state index in [-0.39, 0.29) is 11.4 Å². The lowest BCUT2D eigenvalue weighted by Crippen LogP contribution is -2.52. The third-order valence-corrected chi connectivity index (χ3v) is 4.94. The maximum Gasteiger partial charge on any atom is 0.251 e. The number of amides is 1. The highest BCUT2D eigenvalue weighted by Crippen LogP contribution is 2.23. The van der Waals surface area contributed by atoms with Crippen LogP contribution in [0, 0.1) is 6.92 Å². The molecule has 22 heavy (non-hydrogen) atoms. The van der Waals surface area contributed by atoms with Crippen LogP contribution in [0.2, 0.25) is 0 Å². The number of nitrogens with zero attached hydrogens (tertiary/aromatic N) is 1. The van der Waals surface area contributed by atoms with Gasteiger partial charge < -0.3 is 11.1 Å². The van der Waals surface area contributed by atoms with Crippen molar-refractivity contribution in [1.29, 1.82) is 0 Å². The Morgan fingerprint density at radius 2 is 2.09 bits per heavy atom. The van der Waals surface area contributed by atoms with E-state index in [0.29, 0.717) is 12.1 Å². The summed E-state index contributed by atoms with van der Waals surface area (Å²) in [6.45, 7) is 6.51. The van der Waals surface area contributed by atoms with Crippen molar-refractivity contribution in [2.75, 3.05) is 6.54 Å². The Morgan fingerprint density at radius 3 is 2.64 bits per heavy atom. The number of aromatic nitrogens is 1. The molecule has 0 atom stereocenters. The summed E-state index contributed by atoms with van der Waals surface area (Å²) < 4.78 is 0. The van der Waals surface area contributed by atoms with Crippen LogP contribution in [0.1, 0.15) is 42.1 Å². The molecule has 0 aliphatic heterocycles. The second-order valence-electron chi connectivity index (χ2n) is 5.48. The summed E-state index contributed by atoms with van der Waals surface area (Å²) in [4.78, 5) is 17.0. The fourth-order valence-electron chi connectivity index (χ4n) is 2.40. The van der Waals surface area contributed by atoms with Gasteiger partial charge in [-0.05, 0) is 31.9 Å². The molecule has 0 bridgehead atoms. The van der Waals surface area contributed by atoms with Crippen molar-refractivity contribution in [3.63, 3.8) is 0 Å². The van der Waals surface area contributed by atoms with E-state index in [9.17, 15) is 4.79 Å². The summed E-state index contributed by atoms with van der Waals surface area (Å²) in [7, 11) is 0. The van der Waals surface area contributed by atoms with E-state index >= 15 is 0 Å². The molecule has 0 aliphatic carbocycles. The molecule has 3 N–H and O–H groups in total. The molecule has 2 aromatic rings. The van der Waals surface area contributed by atoms with E-state index in [4.69, 9.17) is 5.73 Å². The van der Waals surface area contributed by atoms with Gasteiger partial charge in [0.15, 0.2) is 0 Å². The maximum absolute atomic E-state index is 12.5. The molecule has 5 heteroatoms. The third kappa shape index (κ3) is 3.54. The summed E-state index contributed by atoms with van der Waals surface area (Å²) in [5.74, 6) is -0.0806. The third-order valence-electron chi connectivity index (χ3n) is 4.16. The maximum atomic E-state index is 12.5. The molecule has 1 amide bonds. The molecule has 0 saturated heterocycles. The number of aryl methyl sites for hydroxylation is 1. The highest BCUT2D eigenvalue weighted by Gasteiger charge is 2.26. The summed E-state index contributed by atoms with van der Waals surface area (Å²) >= 11 is 1.61. The Kier molecular flexibility index (Phi) is 5.32. The van der Waals surface area contributed by atoms with E-state index in [1.165, 1.54) is 0 Å². The number of nitrogens with one attached hydrogen (secondary N) is 1. The van der Waals surface area contributed by atoms with Gasteiger partial charge in [0.2, 0.25) is 0 Å². The average Bonchev–Trinajstić information content (AvgIpc) is 2.99. The van der Waals surface area contributed by atoms with Crippen LogP contribution in [0.25, 0.3) is 11.3 Å². The first kappa shape index (κ1) is 16.6. The second kappa shape index (κ2) is 7.03. The molecular formula is C17H23N3OS. The number of benzene rings is 1. The Bertz CT molecular complexity index is 639.